The monoisotopic (exact) mass is 322 g/mol. The van der Waals surface area contributed by atoms with Crippen LogP contribution in [0.25, 0.3) is 43.1 Å². The molecule has 5 rings (SSSR count). The van der Waals surface area contributed by atoms with E-state index in [2.05, 4.69) is 77.1 Å². The second-order valence-corrected chi connectivity index (χ2v) is 7.64. The van der Waals surface area contributed by atoms with Crippen molar-refractivity contribution in [2.24, 2.45) is 0 Å². The molecule has 0 aliphatic rings. The molecule has 5 aromatic rings. The molecule has 0 aliphatic carbocycles. The highest BCUT2D eigenvalue weighted by Gasteiger charge is 2.17. The van der Waals surface area contributed by atoms with E-state index in [4.69, 9.17) is 0 Å². The zero-order valence-corrected chi connectivity index (χ0v) is 15.5. The summed E-state index contributed by atoms with van der Waals surface area (Å²) in [6.07, 6.45) is 0. The molecule has 0 saturated heterocycles. The van der Waals surface area contributed by atoms with Gasteiger partial charge in [-0.15, -0.1) is 0 Å². The summed E-state index contributed by atoms with van der Waals surface area (Å²) in [6, 6.07) is 16.2. The standard InChI is InChI=1S/C25H22/c1-13-9-10-20-19-8-6-7-18-16(4)14(2)11-21(24(18)19)22-12-15(3)17(5)23(13)25(20)22/h6-12H,1-5H3. The molecule has 0 heterocycles. The summed E-state index contributed by atoms with van der Waals surface area (Å²) >= 11 is 0. The fourth-order valence-corrected chi connectivity index (χ4v) is 4.70. The predicted molar refractivity (Wildman–Crippen MR) is 111 cm³/mol. The number of fused-ring (bicyclic) bond motifs is 2. The quantitative estimate of drug-likeness (QED) is 0.207. The Bertz CT molecular complexity index is 1320. The first kappa shape index (κ1) is 14.7. The van der Waals surface area contributed by atoms with Crippen LogP contribution in [-0.2, 0) is 0 Å². The first-order valence-corrected chi connectivity index (χ1v) is 9.06. The Labute approximate surface area is 148 Å². The van der Waals surface area contributed by atoms with Crippen molar-refractivity contribution in [2.45, 2.75) is 34.6 Å². The summed E-state index contributed by atoms with van der Waals surface area (Å²) < 4.78 is 0. The van der Waals surface area contributed by atoms with Crippen molar-refractivity contribution in [1.29, 1.82) is 0 Å². The summed E-state index contributed by atoms with van der Waals surface area (Å²) in [5.74, 6) is 0. The molecule has 0 saturated carbocycles. The highest BCUT2D eigenvalue weighted by molar-refractivity contribution is 6.34. The summed E-state index contributed by atoms with van der Waals surface area (Å²) in [5, 5.41) is 11.3. The fourth-order valence-electron chi connectivity index (χ4n) is 4.70. The van der Waals surface area contributed by atoms with Gasteiger partial charge in [0.05, 0.1) is 0 Å². The number of hydrogen-bond donors (Lipinski definition) is 0. The maximum Gasteiger partial charge on any atom is -0.00208 e. The molecule has 0 bridgehead atoms. The molecule has 122 valence electrons. The largest absolute Gasteiger partial charge is 0.0610 e. The molecular formula is C25H22. The van der Waals surface area contributed by atoms with Crippen LogP contribution in [0.4, 0.5) is 0 Å². The van der Waals surface area contributed by atoms with E-state index in [0.29, 0.717) is 0 Å². The van der Waals surface area contributed by atoms with Gasteiger partial charge >= 0.3 is 0 Å². The van der Waals surface area contributed by atoms with Crippen LogP contribution in [0.2, 0.25) is 0 Å². The van der Waals surface area contributed by atoms with Gasteiger partial charge in [0.1, 0.15) is 0 Å². The van der Waals surface area contributed by atoms with Gasteiger partial charge in [-0.2, -0.15) is 0 Å². The first-order valence-electron chi connectivity index (χ1n) is 9.06. The normalized spacial score (nSPS) is 12.2. The van der Waals surface area contributed by atoms with Crippen molar-refractivity contribution in [3.8, 4) is 0 Å². The summed E-state index contributed by atoms with van der Waals surface area (Å²) in [4.78, 5) is 0. The molecule has 0 atom stereocenters. The van der Waals surface area contributed by atoms with Crippen molar-refractivity contribution in [1.82, 2.24) is 0 Å². The SMILES string of the molecule is Cc1cc2c3cc(C)c(C)c4c(C)ccc(c5cccc(c1C)c52)c43. The third kappa shape index (κ3) is 1.72. The van der Waals surface area contributed by atoms with E-state index in [0.717, 1.165) is 0 Å². The van der Waals surface area contributed by atoms with Gasteiger partial charge in [-0.1, -0.05) is 42.5 Å². The van der Waals surface area contributed by atoms with Crippen molar-refractivity contribution in [3.63, 3.8) is 0 Å². The van der Waals surface area contributed by atoms with Crippen LogP contribution in [0.3, 0.4) is 0 Å². The number of rotatable bonds is 0. The van der Waals surface area contributed by atoms with Gasteiger partial charge in [0, 0.05) is 0 Å². The van der Waals surface area contributed by atoms with Crippen LogP contribution in [0, 0.1) is 34.6 Å². The van der Waals surface area contributed by atoms with Crippen LogP contribution in [0.5, 0.6) is 0 Å². The van der Waals surface area contributed by atoms with Gasteiger partial charge in [-0.25, -0.2) is 0 Å². The summed E-state index contributed by atoms with van der Waals surface area (Å²) in [6.45, 7) is 11.2. The molecular weight excluding hydrogens is 300 g/mol. The van der Waals surface area contributed by atoms with Gasteiger partial charge in [0.25, 0.3) is 0 Å². The highest BCUT2D eigenvalue weighted by atomic mass is 14.2. The minimum Gasteiger partial charge on any atom is -0.0610 e. The molecule has 5 aromatic carbocycles. The zero-order valence-electron chi connectivity index (χ0n) is 15.5. The van der Waals surface area contributed by atoms with E-state index in [-0.39, 0.29) is 0 Å². The lowest BCUT2D eigenvalue weighted by atomic mass is 9.84. The number of aryl methyl sites for hydroxylation is 5. The molecule has 0 amide bonds. The Balaban J connectivity index is 2.28. The van der Waals surface area contributed by atoms with E-state index in [9.17, 15) is 0 Å². The van der Waals surface area contributed by atoms with E-state index < -0.39 is 0 Å². The number of hydrogen-bond acceptors (Lipinski definition) is 0. The molecule has 0 fully saturated rings. The zero-order chi connectivity index (χ0) is 17.5. The van der Waals surface area contributed by atoms with Crippen molar-refractivity contribution < 1.29 is 0 Å². The third-order valence-corrected chi connectivity index (χ3v) is 6.28. The molecule has 0 radical (unpaired) electrons. The molecule has 0 spiro atoms. The minimum absolute atomic E-state index is 1.38. The van der Waals surface area contributed by atoms with Crippen LogP contribution in [0.15, 0.2) is 42.5 Å². The molecule has 0 nitrogen and oxygen atoms in total. The predicted octanol–water partition coefficient (Wildman–Crippen LogP) is 7.28. The molecule has 0 aromatic heterocycles. The van der Waals surface area contributed by atoms with E-state index >= 15 is 0 Å². The maximum atomic E-state index is 2.40. The second kappa shape index (κ2) is 4.73. The third-order valence-electron chi connectivity index (χ3n) is 6.28. The average molecular weight is 322 g/mol. The van der Waals surface area contributed by atoms with E-state index in [1.807, 2.05) is 0 Å². The Morgan fingerprint density at radius 3 is 1.80 bits per heavy atom. The van der Waals surface area contributed by atoms with Gasteiger partial charge in [-0.3, -0.25) is 0 Å². The summed E-state index contributed by atoms with van der Waals surface area (Å²) in [5.41, 5.74) is 6.95. The van der Waals surface area contributed by atoms with Crippen LogP contribution >= 0.6 is 0 Å². The lowest BCUT2D eigenvalue weighted by molar-refractivity contribution is 1.37. The minimum atomic E-state index is 1.38. The van der Waals surface area contributed by atoms with E-state index in [1.54, 1.807) is 0 Å². The van der Waals surface area contributed by atoms with Gasteiger partial charge in [0.15, 0.2) is 0 Å². The van der Waals surface area contributed by atoms with Gasteiger partial charge < -0.3 is 0 Å². The fraction of sp³-hybridized carbons (Fsp3) is 0.200. The topological polar surface area (TPSA) is 0 Å². The van der Waals surface area contributed by atoms with Gasteiger partial charge in [0.2, 0.25) is 0 Å². The molecule has 25 heavy (non-hydrogen) atoms. The Morgan fingerprint density at radius 2 is 1.04 bits per heavy atom. The Hall–Kier alpha value is -2.60. The average Bonchev–Trinajstić information content (AvgIpc) is 2.60. The van der Waals surface area contributed by atoms with Crippen LogP contribution < -0.4 is 0 Å². The van der Waals surface area contributed by atoms with Gasteiger partial charge in [-0.05, 0) is 106 Å². The summed E-state index contributed by atoms with van der Waals surface area (Å²) in [7, 11) is 0. The molecule has 0 unspecified atom stereocenters. The second-order valence-electron chi connectivity index (χ2n) is 7.64. The lowest BCUT2D eigenvalue weighted by Gasteiger charge is -2.20. The Morgan fingerprint density at radius 1 is 0.440 bits per heavy atom. The van der Waals surface area contributed by atoms with Crippen molar-refractivity contribution >= 4 is 43.1 Å². The van der Waals surface area contributed by atoms with Crippen molar-refractivity contribution in [2.75, 3.05) is 0 Å². The Kier molecular flexibility index (Phi) is 2.78. The lowest BCUT2D eigenvalue weighted by Crippen LogP contribution is -1.94. The number of benzene rings is 5. The maximum absolute atomic E-state index is 2.40. The van der Waals surface area contributed by atoms with Crippen molar-refractivity contribution in [3.05, 3.63) is 70.3 Å². The molecule has 0 N–H and O–H groups in total. The smallest absolute Gasteiger partial charge is 0.00208 e. The van der Waals surface area contributed by atoms with Crippen LogP contribution in [-0.4, -0.2) is 0 Å². The molecule has 0 heteroatoms. The first-order chi connectivity index (χ1) is 12.0. The highest BCUT2D eigenvalue weighted by Crippen LogP contribution is 2.43. The van der Waals surface area contributed by atoms with Crippen LogP contribution in [0.1, 0.15) is 27.8 Å². The molecule has 0 aliphatic heterocycles. The van der Waals surface area contributed by atoms with E-state index in [1.165, 1.54) is 70.9 Å².